The molecule has 0 spiro atoms. The summed E-state index contributed by atoms with van der Waals surface area (Å²) in [5.74, 6) is -0.736. The second-order valence-electron chi connectivity index (χ2n) is 7.80. The van der Waals surface area contributed by atoms with Crippen LogP contribution in [0.1, 0.15) is 38.7 Å². The molecule has 9 heteroatoms. The van der Waals surface area contributed by atoms with Crippen molar-refractivity contribution in [2.75, 3.05) is 23.7 Å². The van der Waals surface area contributed by atoms with E-state index >= 15 is 0 Å². The van der Waals surface area contributed by atoms with Crippen molar-refractivity contribution in [3.8, 4) is 0 Å². The molecular formula is C24H32ClN3O4S. The number of amides is 2. The highest BCUT2D eigenvalue weighted by Gasteiger charge is 2.32. The molecule has 0 saturated heterocycles. The molecule has 0 fully saturated rings. The molecule has 2 aromatic carbocycles. The third-order valence-corrected chi connectivity index (χ3v) is 6.66. The molecule has 0 aliphatic carbocycles. The molecule has 0 aliphatic heterocycles. The number of sulfonamides is 1. The fourth-order valence-electron chi connectivity index (χ4n) is 3.45. The smallest absolute Gasteiger partial charge is 0.244 e. The number of nitrogens with one attached hydrogen (secondary N) is 1. The van der Waals surface area contributed by atoms with Crippen LogP contribution in [0.15, 0.2) is 54.6 Å². The average Bonchev–Trinajstić information content (AvgIpc) is 2.78. The van der Waals surface area contributed by atoms with Crippen molar-refractivity contribution in [2.24, 2.45) is 0 Å². The Kier molecular flexibility index (Phi) is 10.2. The lowest BCUT2D eigenvalue weighted by Gasteiger charge is -2.33. The second kappa shape index (κ2) is 12.6. The zero-order chi connectivity index (χ0) is 24.4. The summed E-state index contributed by atoms with van der Waals surface area (Å²) in [5.41, 5.74) is 1.06. The molecule has 1 atom stereocenters. The quantitative estimate of drug-likeness (QED) is 0.455. The summed E-state index contributed by atoms with van der Waals surface area (Å²) < 4.78 is 26.1. The lowest BCUT2D eigenvalue weighted by Crippen LogP contribution is -2.52. The maximum absolute atomic E-state index is 13.5. The SMILES string of the molecule is CCCCNC(=O)[C@@H](CC)N(Cc1ccccc1)C(=O)CN(c1ccccc1Cl)S(C)(=O)=O. The van der Waals surface area contributed by atoms with Crippen molar-refractivity contribution >= 4 is 39.1 Å². The molecule has 0 heterocycles. The van der Waals surface area contributed by atoms with Gasteiger partial charge in [-0.1, -0.05) is 74.3 Å². The number of hydrogen-bond donors (Lipinski definition) is 1. The topological polar surface area (TPSA) is 86.8 Å². The summed E-state index contributed by atoms with van der Waals surface area (Å²) in [6.45, 7) is 4.10. The van der Waals surface area contributed by atoms with Gasteiger partial charge in [0.1, 0.15) is 12.6 Å². The first-order valence-corrected chi connectivity index (χ1v) is 13.2. The molecule has 7 nitrogen and oxygen atoms in total. The molecule has 0 radical (unpaired) electrons. The summed E-state index contributed by atoms with van der Waals surface area (Å²) in [6.07, 6.45) is 3.19. The lowest BCUT2D eigenvalue weighted by molar-refractivity contribution is -0.140. The van der Waals surface area contributed by atoms with E-state index < -0.39 is 28.5 Å². The van der Waals surface area contributed by atoms with Crippen LogP contribution in [-0.2, 0) is 26.2 Å². The van der Waals surface area contributed by atoms with Gasteiger partial charge in [0.25, 0.3) is 0 Å². The van der Waals surface area contributed by atoms with Crippen LogP contribution in [0.5, 0.6) is 0 Å². The molecule has 2 rings (SSSR count). The van der Waals surface area contributed by atoms with E-state index in [9.17, 15) is 18.0 Å². The summed E-state index contributed by atoms with van der Waals surface area (Å²) in [6, 6.07) is 15.0. The molecule has 0 aliphatic rings. The molecule has 33 heavy (non-hydrogen) atoms. The second-order valence-corrected chi connectivity index (χ2v) is 10.1. The Hall–Kier alpha value is -2.58. The Bertz CT molecular complexity index is 1030. The van der Waals surface area contributed by atoms with Gasteiger partial charge in [0.2, 0.25) is 21.8 Å². The van der Waals surface area contributed by atoms with Crippen LogP contribution in [-0.4, -0.2) is 50.5 Å². The highest BCUT2D eigenvalue weighted by Crippen LogP contribution is 2.27. The van der Waals surface area contributed by atoms with E-state index in [2.05, 4.69) is 5.32 Å². The van der Waals surface area contributed by atoms with Crippen LogP contribution in [0.3, 0.4) is 0 Å². The number of benzene rings is 2. The molecule has 180 valence electrons. The number of unbranched alkanes of at least 4 members (excludes halogenated alkanes) is 1. The van der Waals surface area contributed by atoms with Gasteiger partial charge in [-0.3, -0.25) is 13.9 Å². The summed E-state index contributed by atoms with van der Waals surface area (Å²) in [7, 11) is -3.81. The van der Waals surface area contributed by atoms with Gasteiger partial charge in [0.05, 0.1) is 17.0 Å². The zero-order valence-electron chi connectivity index (χ0n) is 19.3. The van der Waals surface area contributed by atoms with Gasteiger partial charge in [-0.05, 0) is 30.5 Å². The third-order valence-electron chi connectivity index (χ3n) is 5.21. The predicted octanol–water partition coefficient (Wildman–Crippen LogP) is 3.83. The number of halogens is 1. The Morgan fingerprint density at radius 1 is 1.03 bits per heavy atom. The van der Waals surface area contributed by atoms with Crippen molar-refractivity contribution in [3.05, 3.63) is 65.2 Å². The molecule has 1 N–H and O–H groups in total. The van der Waals surface area contributed by atoms with Crippen molar-refractivity contribution in [2.45, 2.75) is 45.7 Å². The van der Waals surface area contributed by atoms with Crippen LogP contribution >= 0.6 is 11.6 Å². The molecular weight excluding hydrogens is 462 g/mol. The summed E-state index contributed by atoms with van der Waals surface area (Å²) >= 11 is 6.23. The van der Waals surface area contributed by atoms with Crippen LogP contribution in [0.2, 0.25) is 5.02 Å². The standard InChI is InChI=1S/C24H32ClN3O4S/c1-4-6-16-26-24(30)21(5-2)27(17-19-12-8-7-9-13-19)23(29)18-28(33(3,31)32)22-15-11-10-14-20(22)25/h7-15,21H,4-6,16-18H2,1-3H3,(H,26,30)/t21-/m1/s1. The zero-order valence-corrected chi connectivity index (χ0v) is 20.9. The van der Waals surface area contributed by atoms with E-state index in [0.29, 0.717) is 13.0 Å². The van der Waals surface area contributed by atoms with Crippen molar-refractivity contribution in [3.63, 3.8) is 0 Å². The Labute approximate surface area is 201 Å². The normalized spacial score (nSPS) is 12.1. The fraction of sp³-hybridized carbons (Fsp3) is 0.417. The minimum absolute atomic E-state index is 0.180. The molecule has 0 bridgehead atoms. The third kappa shape index (κ3) is 7.75. The van der Waals surface area contributed by atoms with Crippen LogP contribution in [0.4, 0.5) is 5.69 Å². The van der Waals surface area contributed by atoms with Crippen molar-refractivity contribution < 1.29 is 18.0 Å². The first kappa shape index (κ1) is 26.7. The van der Waals surface area contributed by atoms with E-state index in [1.54, 1.807) is 24.3 Å². The van der Waals surface area contributed by atoms with Crippen LogP contribution in [0, 0.1) is 0 Å². The van der Waals surface area contributed by atoms with Gasteiger partial charge in [-0.2, -0.15) is 0 Å². The largest absolute Gasteiger partial charge is 0.354 e. The molecule has 2 amide bonds. The Morgan fingerprint density at radius 2 is 1.67 bits per heavy atom. The van der Waals surface area contributed by atoms with Gasteiger partial charge < -0.3 is 10.2 Å². The monoisotopic (exact) mass is 493 g/mol. The van der Waals surface area contributed by atoms with Gasteiger partial charge >= 0.3 is 0 Å². The maximum atomic E-state index is 13.5. The number of rotatable bonds is 12. The molecule has 2 aromatic rings. The molecule has 0 unspecified atom stereocenters. The Balaban J connectivity index is 2.38. The predicted molar refractivity (Wildman–Crippen MR) is 133 cm³/mol. The van der Waals surface area contributed by atoms with E-state index in [-0.39, 0.29) is 23.2 Å². The number of carbonyl (C=O) groups is 2. The van der Waals surface area contributed by atoms with Crippen molar-refractivity contribution in [1.29, 1.82) is 0 Å². The number of para-hydroxylation sites is 1. The highest BCUT2D eigenvalue weighted by molar-refractivity contribution is 7.92. The van der Waals surface area contributed by atoms with E-state index in [1.807, 2.05) is 44.2 Å². The number of anilines is 1. The minimum atomic E-state index is -3.81. The Morgan fingerprint density at radius 3 is 2.24 bits per heavy atom. The molecule has 0 aromatic heterocycles. The minimum Gasteiger partial charge on any atom is -0.354 e. The maximum Gasteiger partial charge on any atom is 0.244 e. The summed E-state index contributed by atoms with van der Waals surface area (Å²) in [4.78, 5) is 27.9. The lowest BCUT2D eigenvalue weighted by atomic mass is 10.1. The number of nitrogens with zero attached hydrogens (tertiary/aromatic N) is 2. The number of carbonyl (C=O) groups excluding carboxylic acids is 2. The van der Waals surface area contributed by atoms with Crippen LogP contribution in [0.25, 0.3) is 0 Å². The average molecular weight is 494 g/mol. The van der Waals surface area contributed by atoms with E-state index in [1.165, 1.54) is 4.90 Å². The van der Waals surface area contributed by atoms with Gasteiger partial charge in [0, 0.05) is 13.1 Å². The molecule has 0 saturated carbocycles. The van der Waals surface area contributed by atoms with Crippen LogP contribution < -0.4 is 9.62 Å². The first-order valence-electron chi connectivity index (χ1n) is 11.0. The van der Waals surface area contributed by atoms with Gasteiger partial charge in [-0.25, -0.2) is 8.42 Å². The highest BCUT2D eigenvalue weighted by atomic mass is 35.5. The van der Waals surface area contributed by atoms with E-state index in [0.717, 1.165) is 29.0 Å². The van der Waals surface area contributed by atoms with Gasteiger partial charge in [0.15, 0.2) is 0 Å². The van der Waals surface area contributed by atoms with Gasteiger partial charge in [-0.15, -0.1) is 0 Å². The summed E-state index contributed by atoms with van der Waals surface area (Å²) in [5, 5.41) is 3.11. The first-order chi connectivity index (χ1) is 15.7. The fourth-order valence-corrected chi connectivity index (χ4v) is 4.60. The van der Waals surface area contributed by atoms with E-state index in [4.69, 9.17) is 11.6 Å². The van der Waals surface area contributed by atoms with Crippen molar-refractivity contribution in [1.82, 2.24) is 10.2 Å². The number of hydrogen-bond acceptors (Lipinski definition) is 4.